The molecule has 4 nitrogen and oxygen atoms in total. The van der Waals surface area contributed by atoms with Crippen molar-refractivity contribution in [1.29, 1.82) is 0 Å². The normalized spacial score (nSPS) is 19.2. The fourth-order valence-corrected chi connectivity index (χ4v) is 23.7. The largest absolute Gasteiger partial charge is 0.335 e. The van der Waals surface area contributed by atoms with Crippen LogP contribution in [-0.2, 0) is 27.1 Å². The minimum absolute atomic E-state index is 0.0334. The molecule has 16 aromatic rings. The Morgan fingerprint density at radius 1 is 0.361 bits per heavy atom. The Hall–Kier alpha value is -12.0. The minimum atomic E-state index is -0.656. The van der Waals surface area contributed by atoms with Gasteiger partial charge in [0.1, 0.15) is 0 Å². The smallest absolute Gasteiger partial charge is 0.0754 e. The topological polar surface area (TPSA) is 16.3 Å². The number of anilines is 4. The van der Waals surface area contributed by atoms with Gasteiger partial charge in [-0.05, 0) is 257 Å². The Morgan fingerprint density at radius 3 is 1.36 bits per heavy atom. The van der Waals surface area contributed by atoms with E-state index in [0.717, 1.165) is 25.7 Å². The van der Waals surface area contributed by atoms with E-state index in [9.17, 15) is 0 Å². The van der Waals surface area contributed by atoms with Crippen LogP contribution in [-0.4, -0.2) is 21.2 Å². The molecule has 0 amide bonds. The Labute approximate surface area is 704 Å². The van der Waals surface area contributed by atoms with Crippen molar-refractivity contribution >= 4 is 103 Å². The molecule has 0 fully saturated rings. The Bertz CT molecular complexity index is 7060. The molecule has 5 heteroatoms. The molecule has 0 saturated carbocycles. The lowest BCUT2D eigenvalue weighted by Gasteiger charge is -2.42. The molecule has 0 N–H and O–H groups in total. The molecular formula is C114H100N4S. The molecule has 5 unspecified atom stereocenters. The van der Waals surface area contributed by atoms with E-state index in [1.165, 1.54) is 198 Å². The van der Waals surface area contributed by atoms with Crippen LogP contribution in [0.3, 0.4) is 0 Å². The van der Waals surface area contributed by atoms with Gasteiger partial charge in [-0.1, -0.05) is 295 Å². The molecule has 0 bridgehead atoms. The number of fused-ring (bicyclic) bond motifs is 26. The number of rotatable bonds is 8. The summed E-state index contributed by atoms with van der Waals surface area (Å²) in [5, 5.41) is 7.77. The number of nitrogens with zero attached hydrogens (tertiary/aromatic N) is 4. The maximum absolute atomic E-state index is 2.73. The van der Waals surface area contributed by atoms with E-state index in [1.807, 2.05) is 11.3 Å². The number of hydrogen-bond acceptors (Lipinski definition) is 3. The predicted molar refractivity (Wildman–Crippen MR) is 506 cm³/mol. The first-order valence-corrected chi connectivity index (χ1v) is 44.3. The van der Waals surface area contributed by atoms with Crippen molar-refractivity contribution < 1.29 is 0 Å². The second kappa shape index (κ2) is 25.7. The van der Waals surface area contributed by atoms with Crippen LogP contribution in [0, 0.1) is 11.3 Å². The number of aromatic nitrogens is 2. The molecule has 2 aliphatic heterocycles. The Kier molecular flexibility index (Phi) is 15.6. The Balaban J connectivity index is 0.776. The van der Waals surface area contributed by atoms with Gasteiger partial charge in [0.05, 0.1) is 56.4 Å². The van der Waals surface area contributed by atoms with Crippen LogP contribution in [0.1, 0.15) is 181 Å². The van der Waals surface area contributed by atoms with E-state index in [4.69, 9.17) is 0 Å². The van der Waals surface area contributed by atoms with Gasteiger partial charge in [-0.2, -0.15) is 0 Å². The second-order valence-electron chi connectivity index (χ2n) is 39.4. The zero-order chi connectivity index (χ0) is 80.7. The van der Waals surface area contributed by atoms with Crippen LogP contribution in [0.2, 0.25) is 0 Å². The third-order valence-electron chi connectivity index (χ3n) is 28.6. The first kappa shape index (κ1) is 72.2. The molecule has 3 aromatic heterocycles. The summed E-state index contributed by atoms with van der Waals surface area (Å²) in [5.74, 6) is 0.582. The van der Waals surface area contributed by atoms with Crippen LogP contribution < -0.4 is 9.80 Å². The van der Waals surface area contributed by atoms with Gasteiger partial charge >= 0.3 is 0 Å². The summed E-state index contributed by atoms with van der Waals surface area (Å²) >= 11 is 1.97. The summed E-state index contributed by atoms with van der Waals surface area (Å²) in [7, 11) is 0. The van der Waals surface area contributed by atoms with Crippen LogP contribution in [0.25, 0.3) is 103 Å². The van der Waals surface area contributed by atoms with Crippen LogP contribution in [0.15, 0.2) is 321 Å². The Morgan fingerprint density at radius 2 is 0.849 bits per heavy atom. The molecule has 2 spiro atoms. The van der Waals surface area contributed by atoms with Crippen molar-refractivity contribution in [1.82, 2.24) is 9.13 Å². The fraction of sp³-hybridized carbons (Fsp3) is 0.228. The summed E-state index contributed by atoms with van der Waals surface area (Å²) < 4.78 is 8.03. The van der Waals surface area contributed by atoms with E-state index in [2.05, 4.69) is 418 Å². The second-order valence-corrected chi connectivity index (χ2v) is 40.5. The van der Waals surface area contributed by atoms with Gasteiger partial charge in [-0.3, -0.25) is 0 Å². The highest BCUT2D eigenvalue weighted by Crippen LogP contribution is 2.66. The molecule has 0 radical (unpaired) electrons. The highest BCUT2D eigenvalue weighted by molar-refractivity contribution is 7.26. The average molecular weight is 1560 g/mol. The van der Waals surface area contributed by atoms with Crippen molar-refractivity contribution in [3.63, 3.8) is 0 Å². The third-order valence-corrected chi connectivity index (χ3v) is 29.7. The molecule has 13 aromatic carbocycles. The predicted octanol–water partition coefficient (Wildman–Crippen LogP) is 30.2. The quantitative estimate of drug-likeness (QED) is 0.141. The van der Waals surface area contributed by atoms with E-state index in [-0.39, 0.29) is 39.7 Å². The van der Waals surface area contributed by atoms with Gasteiger partial charge in [0.15, 0.2) is 0 Å². The van der Waals surface area contributed by atoms with Gasteiger partial charge in [0.2, 0.25) is 0 Å². The van der Waals surface area contributed by atoms with E-state index in [1.54, 1.807) is 0 Å². The highest BCUT2D eigenvalue weighted by Gasteiger charge is 2.55. The number of allylic oxidation sites excluding steroid dienone is 7. The van der Waals surface area contributed by atoms with Crippen molar-refractivity contribution in [2.75, 3.05) is 9.80 Å². The average Bonchev–Trinajstić information content (AvgIpc) is 1.50. The summed E-state index contributed by atoms with van der Waals surface area (Å²) in [6.07, 6.45) is 23.3. The number of para-hydroxylation sites is 5. The van der Waals surface area contributed by atoms with Gasteiger partial charge in [-0.15, -0.1) is 11.3 Å². The summed E-state index contributed by atoms with van der Waals surface area (Å²) in [6, 6.07) is 106. The first-order chi connectivity index (χ1) is 57.5. The lowest BCUT2D eigenvalue weighted by molar-refractivity contribution is 0.296. The van der Waals surface area contributed by atoms with E-state index >= 15 is 0 Å². The summed E-state index contributed by atoms with van der Waals surface area (Å²) in [4.78, 5) is 5.07. The monoisotopic (exact) mass is 1560 g/mol. The lowest BCUT2D eigenvalue weighted by Crippen LogP contribution is -2.35. The first-order valence-electron chi connectivity index (χ1n) is 43.5. The molecule has 0 saturated heterocycles. The number of thiophene rings is 1. The van der Waals surface area contributed by atoms with Crippen LogP contribution >= 0.6 is 11.3 Å². The van der Waals surface area contributed by atoms with Crippen molar-refractivity contribution in [3.8, 4) is 33.6 Å². The molecular weight excluding hydrogens is 1460 g/mol. The SMILES string of the molecule is CC(C)(C)c1ccc2c(c1)C1=C(C=CC(C(C)(C)C)C1)C21c2ccccc2-n2c3cc4c(cc3c3cc(C5C=CC(N(c6ccccc6)c6ccccc6)CC5)cc1c32)sc1cc2c3cc(-c5ccc(N(c6ccccc6)C6C=CC=CC6)cc5)cc5c3n(c2cc14)-c1ccccc1C51c2ccc(C(C)(C)C)cc2-c2cc(C(C)(C)C)ccc21. The van der Waals surface area contributed by atoms with Crippen molar-refractivity contribution in [3.05, 3.63) is 388 Å². The van der Waals surface area contributed by atoms with Crippen molar-refractivity contribution in [2.45, 2.75) is 154 Å². The molecule has 23 rings (SSSR count). The van der Waals surface area contributed by atoms with Crippen molar-refractivity contribution in [2.24, 2.45) is 11.3 Å². The molecule has 5 atom stereocenters. The van der Waals surface area contributed by atoms with Gasteiger partial charge in [0.25, 0.3) is 0 Å². The fourth-order valence-electron chi connectivity index (χ4n) is 22.6. The standard InChI is InChI=1S/C114H100N4S/c1-109(2,3)73-45-53-93-83(61-73)84-62-74(110(4,5)6)46-54-94(84)113(93)97-37-25-27-39-101(97)117-103-65-89-90-66-104-88(68-106(90)119-105(89)67-87(103)91-57-71(59-99(113)107(91)117)69-41-49-81(50-42-69)115(77-29-17-13-18-30-77)78-31-19-14-20-32-78)92-58-72(70-43-51-82(52-44-70)116(79-33-21-15-22-34-79)80-35-23-16-24-36-80)60-100-108(92)118(104)102-40-28-26-38-98(102)114(100)95-55-47-75(111(7,8)9)63-85(95)86-64-76(112(10,11)12)48-56-96(86)114/h13-35,37-41,43-49,51-61,63-69,74,80-81H,36,42,50,62H2,1-12H3. The van der Waals surface area contributed by atoms with Gasteiger partial charge in [-0.25, -0.2) is 0 Å². The van der Waals surface area contributed by atoms with Gasteiger partial charge < -0.3 is 18.9 Å². The number of benzene rings is 13. The van der Waals surface area contributed by atoms with Crippen LogP contribution in [0.4, 0.5) is 22.7 Å². The van der Waals surface area contributed by atoms with E-state index < -0.39 is 10.8 Å². The maximum atomic E-state index is 2.73. The molecule has 119 heavy (non-hydrogen) atoms. The number of hydrogen-bond donors (Lipinski definition) is 0. The van der Waals surface area contributed by atoms with E-state index in [0.29, 0.717) is 5.92 Å². The zero-order valence-corrected chi connectivity index (χ0v) is 71.2. The lowest BCUT2D eigenvalue weighted by atomic mass is 9.62. The molecule has 5 aliphatic carbocycles. The molecule has 7 aliphatic rings. The third kappa shape index (κ3) is 10.5. The minimum Gasteiger partial charge on any atom is -0.335 e. The molecule has 582 valence electrons. The van der Waals surface area contributed by atoms with Gasteiger partial charge in [0, 0.05) is 70.4 Å². The zero-order valence-electron chi connectivity index (χ0n) is 70.4. The van der Waals surface area contributed by atoms with Crippen LogP contribution in [0.5, 0.6) is 0 Å². The summed E-state index contributed by atoms with van der Waals surface area (Å²) in [5.41, 5.74) is 35.5. The molecule has 5 heterocycles. The maximum Gasteiger partial charge on any atom is 0.0754 e. The highest BCUT2D eigenvalue weighted by atomic mass is 32.1. The summed E-state index contributed by atoms with van der Waals surface area (Å²) in [6.45, 7) is 28.7.